The number of carbonyl (C=O) groups excluding carboxylic acids is 1. The summed E-state index contributed by atoms with van der Waals surface area (Å²) in [6.07, 6.45) is 13.5. The molecular weight excluding hydrogens is 248 g/mol. The molecule has 0 saturated carbocycles. The Balaban J connectivity index is 1.88. The van der Waals surface area contributed by atoms with Gasteiger partial charge in [0.25, 0.3) is 0 Å². The number of carbonyl (C=O) groups is 1. The molecule has 1 N–H and O–H groups in total. The molecule has 0 spiro atoms. The number of allylic oxidation sites excluding steroid dienone is 3. The van der Waals surface area contributed by atoms with E-state index in [1.807, 2.05) is 38.1 Å². The van der Waals surface area contributed by atoms with Crippen LogP contribution in [-0.4, -0.2) is 17.4 Å². The fourth-order valence-electron chi connectivity index (χ4n) is 2.20. The highest BCUT2D eigenvalue weighted by Gasteiger charge is 2.30. The number of nitrogens with one attached hydrogen (secondary N) is 1. The SMILES string of the molecule is CC(C)(C(=O)NCCc1ccncc1)C1=CC[CH]C=C1. The molecule has 1 heterocycles. The van der Waals surface area contributed by atoms with Crippen molar-refractivity contribution >= 4 is 5.91 Å². The summed E-state index contributed by atoms with van der Waals surface area (Å²) < 4.78 is 0. The summed E-state index contributed by atoms with van der Waals surface area (Å²) in [4.78, 5) is 16.3. The van der Waals surface area contributed by atoms with E-state index in [0.717, 1.165) is 18.4 Å². The second-order valence-electron chi connectivity index (χ2n) is 5.48. The van der Waals surface area contributed by atoms with Crippen molar-refractivity contribution in [2.45, 2.75) is 26.7 Å². The molecule has 3 heteroatoms. The number of amides is 1. The molecule has 1 aliphatic carbocycles. The number of hydrogen-bond acceptors (Lipinski definition) is 2. The Hall–Kier alpha value is -1.90. The van der Waals surface area contributed by atoms with Gasteiger partial charge in [0.1, 0.15) is 0 Å². The van der Waals surface area contributed by atoms with Gasteiger partial charge in [-0.05, 0) is 56.4 Å². The zero-order chi connectivity index (χ0) is 14.4. The predicted molar refractivity (Wildman–Crippen MR) is 80.9 cm³/mol. The van der Waals surface area contributed by atoms with Crippen molar-refractivity contribution in [3.8, 4) is 0 Å². The molecule has 0 unspecified atom stereocenters. The molecule has 0 bridgehead atoms. The monoisotopic (exact) mass is 269 g/mol. The normalized spacial score (nSPS) is 14.8. The maximum atomic E-state index is 12.3. The van der Waals surface area contributed by atoms with Gasteiger partial charge in [-0.2, -0.15) is 0 Å². The number of hydrogen-bond donors (Lipinski definition) is 1. The second-order valence-corrected chi connectivity index (χ2v) is 5.48. The second kappa shape index (κ2) is 6.51. The zero-order valence-corrected chi connectivity index (χ0v) is 12.1. The highest BCUT2D eigenvalue weighted by atomic mass is 16.2. The maximum absolute atomic E-state index is 12.3. The average Bonchev–Trinajstić information content (AvgIpc) is 2.49. The fraction of sp³-hybridized carbons (Fsp3) is 0.353. The van der Waals surface area contributed by atoms with E-state index in [0.29, 0.717) is 6.54 Å². The van der Waals surface area contributed by atoms with Gasteiger partial charge in [0, 0.05) is 18.9 Å². The Morgan fingerprint density at radius 3 is 2.75 bits per heavy atom. The maximum Gasteiger partial charge on any atom is 0.230 e. The van der Waals surface area contributed by atoms with Crippen LogP contribution in [0.2, 0.25) is 0 Å². The van der Waals surface area contributed by atoms with Gasteiger partial charge in [0.15, 0.2) is 0 Å². The molecule has 1 aliphatic rings. The van der Waals surface area contributed by atoms with Crippen LogP contribution < -0.4 is 5.32 Å². The van der Waals surface area contributed by atoms with Crippen molar-refractivity contribution in [2.75, 3.05) is 6.54 Å². The molecule has 20 heavy (non-hydrogen) atoms. The molecule has 1 radical (unpaired) electrons. The van der Waals surface area contributed by atoms with Crippen LogP contribution >= 0.6 is 0 Å². The lowest BCUT2D eigenvalue weighted by Gasteiger charge is -2.26. The summed E-state index contributed by atoms with van der Waals surface area (Å²) in [5.41, 5.74) is 1.79. The minimum absolute atomic E-state index is 0.0735. The van der Waals surface area contributed by atoms with Crippen LogP contribution in [0.15, 0.2) is 48.3 Å². The topological polar surface area (TPSA) is 42.0 Å². The van der Waals surface area contributed by atoms with E-state index in [1.165, 1.54) is 5.56 Å². The van der Waals surface area contributed by atoms with E-state index in [9.17, 15) is 4.79 Å². The van der Waals surface area contributed by atoms with Gasteiger partial charge in [0.05, 0.1) is 5.41 Å². The molecule has 2 rings (SSSR count). The highest BCUT2D eigenvalue weighted by Crippen LogP contribution is 2.30. The number of rotatable bonds is 5. The summed E-state index contributed by atoms with van der Waals surface area (Å²) in [6, 6.07) is 3.94. The van der Waals surface area contributed by atoms with E-state index in [4.69, 9.17) is 0 Å². The van der Waals surface area contributed by atoms with Crippen LogP contribution in [0.25, 0.3) is 0 Å². The largest absolute Gasteiger partial charge is 0.355 e. The first-order chi connectivity index (χ1) is 9.60. The van der Waals surface area contributed by atoms with Gasteiger partial charge in [-0.25, -0.2) is 0 Å². The van der Waals surface area contributed by atoms with Crippen LogP contribution in [0, 0.1) is 11.8 Å². The Labute approximate surface area is 120 Å². The summed E-state index contributed by atoms with van der Waals surface area (Å²) >= 11 is 0. The van der Waals surface area contributed by atoms with Gasteiger partial charge < -0.3 is 5.32 Å². The molecule has 3 nitrogen and oxygen atoms in total. The molecule has 1 amide bonds. The van der Waals surface area contributed by atoms with Gasteiger partial charge in [-0.1, -0.05) is 18.2 Å². The summed E-state index contributed by atoms with van der Waals surface area (Å²) in [7, 11) is 0. The lowest BCUT2D eigenvalue weighted by Crippen LogP contribution is -2.39. The lowest BCUT2D eigenvalue weighted by molar-refractivity contribution is -0.127. The van der Waals surface area contributed by atoms with Crippen molar-refractivity contribution in [1.29, 1.82) is 0 Å². The Bertz CT molecular complexity index is 515. The molecule has 0 aliphatic heterocycles. The fourth-order valence-corrected chi connectivity index (χ4v) is 2.20. The van der Waals surface area contributed by atoms with Crippen molar-refractivity contribution in [3.05, 3.63) is 60.3 Å². The Morgan fingerprint density at radius 2 is 2.10 bits per heavy atom. The van der Waals surface area contributed by atoms with Crippen LogP contribution in [0.5, 0.6) is 0 Å². The number of nitrogens with zero attached hydrogens (tertiary/aromatic N) is 1. The standard InChI is InChI=1S/C17H21N2O/c1-17(2,15-6-4-3-5-7-15)16(20)19-13-10-14-8-11-18-12-9-14/h3-4,6-9,11-12H,5,10,13H2,1-2H3,(H,19,20). The molecule has 0 aromatic carbocycles. The molecule has 0 saturated heterocycles. The quantitative estimate of drug-likeness (QED) is 0.893. The molecule has 1 aromatic heterocycles. The van der Waals surface area contributed by atoms with Gasteiger partial charge in [0.2, 0.25) is 5.91 Å². The van der Waals surface area contributed by atoms with Crippen LogP contribution in [0.1, 0.15) is 25.8 Å². The zero-order valence-electron chi connectivity index (χ0n) is 12.1. The molecule has 105 valence electrons. The molecule has 0 atom stereocenters. The van der Waals surface area contributed by atoms with Crippen LogP contribution in [0.3, 0.4) is 0 Å². The minimum Gasteiger partial charge on any atom is -0.355 e. The molecule has 0 fully saturated rings. The first-order valence-electron chi connectivity index (χ1n) is 6.98. The lowest BCUT2D eigenvalue weighted by atomic mass is 9.80. The summed E-state index contributed by atoms with van der Waals surface area (Å²) in [5, 5.41) is 3.02. The van der Waals surface area contributed by atoms with Crippen molar-refractivity contribution in [3.63, 3.8) is 0 Å². The number of pyridine rings is 1. The van der Waals surface area contributed by atoms with Crippen LogP contribution in [-0.2, 0) is 11.2 Å². The third-order valence-corrected chi connectivity index (χ3v) is 3.62. The van der Waals surface area contributed by atoms with E-state index in [-0.39, 0.29) is 5.91 Å². The van der Waals surface area contributed by atoms with Crippen molar-refractivity contribution in [1.82, 2.24) is 10.3 Å². The van der Waals surface area contributed by atoms with E-state index in [2.05, 4.69) is 22.8 Å². The average molecular weight is 269 g/mol. The third-order valence-electron chi connectivity index (χ3n) is 3.62. The van der Waals surface area contributed by atoms with Gasteiger partial charge in [-0.3, -0.25) is 9.78 Å². The highest BCUT2D eigenvalue weighted by molar-refractivity contribution is 5.85. The van der Waals surface area contributed by atoms with E-state index >= 15 is 0 Å². The Kier molecular flexibility index (Phi) is 4.72. The molecule has 1 aromatic rings. The Morgan fingerprint density at radius 1 is 1.35 bits per heavy atom. The predicted octanol–water partition coefficient (Wildman–Crippen LogP) is 2.86. The van der Waals surface area contributed by atoms with Gasteiger partial charge in [-0.15, -0.1) is 0 Å². The summed E-state index contributed by atoms with van der Waals surface area (Å²) in [5.74, 6) is 0.0735. The van der Waals surface area contributed by atoms with Crippen LogP contribution in [0.4, 0.5) is 0 Å². The first-order valence-corrected chi connectivity index (χ1v) is 6.98. The smallest absolute Gasteiger partial charge is 0.230 e. The number of aromatic nitrogens is 1. The van der Waals surface area contributed by atoms with Crippen molar-refractivity contribution < 1.29 is 4.79 Å². The van der Waals surface area contributed by atoms with E-state index < -0.39 is 5.41 Å². The van der Waals surface area contributed by atoms with E-state index in [1.54, 1.807) is 12.4 Å². The summed E-state index contributed by atoms with van der Waals surface area (Å²) in [6.45, 7) is 4.59. The van der Waals surface area contributed by atoms with Crippen molar-refractivity contribution in [2.24, 2.45) is 5.41 Å². The molecular formula is C17H21N2O. The van der Waals surface area contributed by atoms with Gasteiger partial charge >= 0.3 is 0 Å². The minimum atomic E-state index is -0.483. The first kappa shape index (κ1) is 14.5. The third kappa shape index (κ3) is 3.56.